The monoisotopic (exact) mass is 313 g/mol. The van der Waals surface area contributed by atoms with E-state index in [1.807, 2.05) is 24.3 Å². The summed E-state index contributed by atoms with van der Waals surface area (Å²) in [5.41, 5.74) is 2.45. The second-order valence-corrected chi connectivity index (χ2v) is 5.24. The quantitative estimate of drug-likeness (QED) is 0.831. The van der Waals surface area contributed by atoms with Gasteiger partial charge in [0, 0.05) is 12.1 Å². The highest BCUT2D eigenvalue weighted by atomic mass is 16.6. The summed E-state index contributed by atoms with van der Waals surface area (Å²) in [6.07, 6.45) is 0.401. The molecular formula is C18H19NO4. The lowest BCUT2D eigenvalue weighted by Gasteiger charge is -2.14. The van der Waals surface area contributed by atoms with Crippen LogP contribution in [0.3, 0.4) is 0 Å². The Kier molecular flexibility index (Phi) is 4.48. The Balaban J connectivity index is 1.74. The summed E-state index contributed by atoms with van der Waals surface area (Å²) in [7, 11) is 3.06. The summed E-state index contributed by atoms with van der Waals surface area (Å²) >= 11 is 0. The number of rotatable bonds is 6. The van der Waals surface area contributed by atoms with Crippen molar-refractivity contribution in [2.24, 2.45) is 0 Å². The fourth-order valence-electron chi connectivity index (χ4n) is 2.74. The zero-order chi connectivity index (χ0) is 16.2. The SMILES string of the molecule is COc1ccc2c(c1OC)C(=O)O[C@H]2NCCc1ccccc1. The number of ether oxygens (including phenoxy) is 3. The van der Waals surface area contributed by atoms with E-state index >= 15 is 0 Å². The molecule has 23 heavy (non-hydrogen) atoms. The van der Waals surface area contributed by atoms with Crippen LogP contribution in [0.2, 0.25) is 0 Å². The van der Waals surface area contributed by atoms with E-state index in [1.165, 1.54) is 12.7 Å². The molecule has 1 aliphatic rings. The van der Waals surface area contributed by atoms with Gasteiger partial charge in [0.25, 0.3) is 0 Å². The molecule has 2 aromatic carbocycles. The number of esters is 1. The fraction of sp³-hybridized carbons (Fsp3) is 0.278. The Morgan fingerprint density at radius 1 is 1.09 bits per heavy atom. The fourth-order valence-corrected chi connectivity index (χ4v) is 2.74. The van der Waals surface area contributed by atoms with Gasteiger partial charge in [0.05, 0.1) is 14.2 Å². The maximum absolute atomic E-state index is 12.2. The summed E-state index contributed by atoms with van der Waals surface area (Å²) in [5, 5.41) is 3.27. The predicted octanol–water partition coefficient (Wildman–Crippen LogP) is 2.71. The molecule has 0 saturated carbocycles. The first kappa shape index (κ1) is 15.4. The first-order chi connectivity index (χ1) is 11.2. The molecule has 1 aliphatic heterocycles. The van der Waals surface area contributed by atoms with Gasteiger partial charge in [-0.1, -0.05) is 30.3 Å². The average molecular weight is 313 g/mol. The van der Waals surface area contributed by atoms with Gasteiger partial charge in [0.15, 0.2) is 17.7 Å². The van der Waals surface area contributed by atoms with Crippen LogP contribution in [0, 0.1) is 0 Å². The van der Waals surface area contributed by atoms with Crippen molar-refractivity contribution in [1.29, 1.82) is 0 Å². The molecular weight excluding hydrogens is 294 g/mol. The van der Waals surface area contributed by atoms with Crippen LogP contribution in [0.15, 0.2) is 42.5 Å². The minimum atomic E-state index is -0.457. The standard InChI is InChI=1S/C18H19NO4/c1-21-14-9-8-13-15(16(14)22-2)18(20)23-17(13)19-11-10-12-6-4-3-5-7-12/h3-9,17,19H,10-11H2,1-2H3/t17-/m1/s1. The van der Waals surface area contributed by atoms with Crippen LogP contribution >= 0.6 is 0 Å². The van der Waals surface area contributed by atoms with Crippen LogP contribution in [0.1, 0.15) is 27.7 Å². The topological polar surface area (TPSA) is 56.8 Å². The number of methoxy groups -OCH3 is 2. The Morgan fingerprint density at radius 3 is 2.57 bits per heavy atom. The molecule has 5 nitrogen and oxygen atoms in total. The maximum atomic E-state index is 12.2. The van der Waals surface area contributed by atoms with Gasteiger partial charge in [-0.05, 0) is 24.1 Å². The molecule has 0 bridgehead atoms. The van der Waals surface area contributed by atoms with E-state index in [9.17, 15) is 4.79 Å². The van der Waals surface area contributed by atoms with E-state index < -0.39 is 12.2 Å². The smallest absolute Gasteiger partial charge is 0.344 e. The van der Waals surface area contributed by atoms with Crippen molar-refractivity contribution in [3.63, 3.8) is 0 Å². The summed E-state index contributed by atoms with van der Waals surface area (Å²) < 4.78 is 16.0. The van der Waals surface area contributed by atoms with E-state index in [1.54, 1.807) is 13.2 Å². The van der Waals surface area contributed by atoms with Crippen LogP contribution in [0.4, 0.5) is 0 Å². The van der Waals surface area contributed by atoms with Gasteiger partial charge >= 0.3 is 5.97 Å². The molecule has 0 spiro atoms. The number of fused-ring (bicyclic) bond motifs is 1. The number of hydrogen-bond donors (Lipinski definition) is 1. The van der Waals surface area contributed by atoms with Crippen molar-refractivity contribution in [2.45, 2.75) is 12.6 Å². The lowest BCUT2D eigenvalue weighted by atomic mass is 10.1. The summed E-state index contributed by atoms with van der Waals surface area (Å²) in [6, 6.07) is 13.8. The maximum Gasteiger partial charge on any atom is 0.344 e. The first-order valence-corrected chi connectivity index (χ1v) is 7.47. The Morgan fingerprint density at radius 2 is 1.87 bits per heavy atom. The third-order valence-corrected chi connectivity index (χ3v) is 3.88. The number of hydrogen-bond acceptors (Lipinski definition) is 5. The second kappa shape index (κ2) is 6.71. The van der Waals surface area contributed by atoms with Gasteiger partial charge in [-0.15, -0.1) is 0 Å². The molecule has 0 amide bonds. The van der Waals surface area contributed by atoms with Crippen LogP contribution in [0.5, 0.6) is 11.5 Å². The molecule has 1 atom stereocenters. The van der Waals surface area contributed by atoms with E-state index in [0.717, 1.165) is 12.0 Å². The number of carbonyl (C=O) groups is 1. The normalized spacial score (nSPS) is 15.9. The Hall–Kier alpha value is -2.53. The molecule has 1 N–H and O–H groups in total. The lowest BCUT2D eigenvalue weighted by molar-refractivity contribution is 0.0309. The van der Waals surface area contributed by atoms with Crippen molar-refractivity contribution in [3.05, 3.63) is 59.2 Å². The van der Waals surface area contributed by atoms with Gasteiger partial charge in [-0.2, -0.15) is 0 Å². The molecule has 0 aliphatic carbocycles. The highest BCUT2D eigenvalue weighted by Gasteiger charge is 2.35. The zero-order valence-corrected chi connectivity index (χ0v) is 13.2. The third-order valence-electron chi connectivity index (χ3n) is 3.88. The molecule has 3 rings (SSSR count). The van der Waals surface area contributed by atoms with Crippen molar-refractivity contribution in [3.8, 4) is 11.5 Å². The largest absolute Gasteiger partial charge is 0.493 e. The summed E-state index contributed by atoms with van der Waals surface area (Å²) in [5.74, 6) is 0.545. The van der Waals surface area contributed by atoms with Gasteiger partial charge in [0.2, 0.25) is 0 Å². The van der Waals surface area contributed by atoms with E-state index in [4.69, 9.17) is 14.2 Å². The molecule has 2 aromatic rings. The van der Waals surface area contributed by atoms with Crippen molar-refractivity contribution in [1.82, 2.24) is 5.32 Å². The van der Waals surface area contributed by atoms with Crippen LogP contribution < -0.4 is 14.8 Å². The average Bonchev–Trinajstić information content (AvgIpc) is 2.91. The van der Waals surface area contributed by atoms with E-state index in [0.29, 0.717) is 23.6 Å². The van der Waals surface area contributed by atoms with E-state index in [-0.39, 0.29) is 0 Å². The number of carbonyl (C=O) groups excluding carboxylic acids is 1. The Labute approximate surface area is 135 Å². The molecule has 5 heteroatoms. The van der Waals surface area contributed by atoms with Crippen molar-refractivity contribution >= 4 is 5.97 Å². The molecule has 0 unspecified atom stereocenters. The third kappa shape index (κ3) is 3.00. The Bertz CT molecular complexity index is 700. The zero-order valence-electron chi connectivity index (χ0n) is 13.2. The minimum Gasteiger partial charge on any atom is -0.493 e. The highest BCUT2D eigenvalue weighted by Crippen LogP contribution is 2.40. The van der Waals surface area contributed by atoms with Gasteiger partial charge in [0.1, 0.15) is 5.56 Å². The summed E-state index contributed by atoms with van der Waals surface area (Å²) in [4.78, 5) is 12.2. The van der Waals surface area contributed by atoms with Crippen LogP contribution in [-0.2, 0) is 11.2 Å². The van der Waals surface area contributed by atoms with Gasteiger partial charge in [-0.25, -0.2) is 4.79 Å². The van der Waals surface area contributed by atoms with Crippen LogP contribution in [-0.4, -0.2) is 26.7 Å². The van der Waals surface area contributed by atoms with Crippen LogP contribution in [0.25, 0.3) is 0 Å². The van der Waals surface area contributed by atoms with Gasteiger partial charge in [-0.3, -0.25) is 5.32 Å². The molecule has 1 heterocycles. The van der Waals surface area contributed by atoms with E-state index in [2.05, 4.69) is 17.4 Å². The molecule has 0 saturated heterocycles. The molecule has 120 valence electrons. The molecule has 0 fully saturated rings. The van der Waals surface area contributed by atoms with Gasteiger partial charge < -0.3 is 14.2 Å². The number of nitrogens with one attached hydrogen (secondary N) is 1. The second-order valence-electron chi connectivity index (χ2n) is 5.24. The predicted molar refractivity (Wildman–Crippen MR) is 85.9 cm³/mol. The number of cyclic esters (lactones) is 1. The molecule has 0 radical (unpaired) electrons. The van der Waals surface area contributed by atoms with Crippen molar-refractivity contribution in [2.75, 3.05) is 20.8 Å². The minimum absolute atomic E-state index is 0.395. The lowest BCUT2D eigenvalue weighted by Crippen LogP contribution is -2.23. The summed E-state index contributed by atoms with van der Waals surface area (Å²) in [6.45, 7) is 0.704. The van der Waals surface area contributed by atoms with Crippen molar-refractivity contribution < 1.29 is 19.0 Å². The highest BCUT2D eigenvalue weighted by molar-refractivity contribution is 5.98. The number of benzene rings is 2. The molecule has 0 aromatic heterocycles. The first-order valence-electron chi connectivity index (χ1n) is 7.47.